The lowest BCUT2D eigenvalue weighted by Crippen LogP contribution is -2.34. The maximum atomic E-state index is 11.4. The molecule has 0 spiro atoms. The highest BCUT2D eigenvalue weighted by molar-refractivity contribution is 7.91. The molecule has 2 unspecified atom stereocenters. The molecule has 2 heterocycles. The monoisotopic (exact) mass is 293 g/mol. The molecule has 2 rings (SSSR count). The molecule has 1 aromatic heterocycles. The van der Waals surface area contributed by atoms with Crippen LogP contribution in [0, 0.1) is 0 Å². The van der Waals surface area contributed by atoms with Crippen molar-refractivity contribution in [3.8, 4) is 0 Å². The Balaban J connectivity index is 1.92. The fraction of sp³-hybridized carbons (Fsp3) is 0.636. The fourth-order valence-corrected chi connectivity index (χ4v) is 5.03. The molecule has 17 heavy (non-hydrogen) atoms. The molecule has 2 atom stereocenters. The maximum Gasteiger partial charge on any atom is 0.151 e. The number of alkyl halides is 1. The average Bonchev–Trinajstić information content (AvgIpc) is 2.86. The molecule has 0 radical (unpaired) electrons. The zero-order valence-electron chi connectivity index (χ0n) is 9.67. The second-order valence-electron chi connectivity index (χ2n) is 4.48. The van der Waals surface area contributed by atoms with Gasteiger partial charge in [-0.1, -0.05) is 6.07 Å². The van der Waals surface area contributed by atoms with E-state index in [1.54, 1.807) is 11.3 Å². The zero-order chi connectivity index (χ0) is 12.5. The quantitative estimate of drug-likeness (QED) is 0.798. The van der Waals surface area contributed by atoms with Gasteiger partial charge in [-0.25, -0.2) is 8.42 Å². The summed E-state index contributed by atoms with van der Waals surface area (Å²) in [6.07, 6.45) is 0.729. The summed E-state index contributed by atoms with van der Waals surface area (Å²) in [5.74, 6) is 0.589. The molecule has 3 nitrogen and oxygen atoms in total. The van der Waals surface area contributed by atoms with Crippen LogP contribution < -0.4 is 0 Å². The first-order valence-corrected chi connectivity index (χ1v) is 8.70. The smallest absolute Gasteiger partial charge is 0.151 e. The van der Waals surface area contributed by atoms with Crippen LogP contribution in [-0.2, 0) is 9.84 Å². The lowest BCUT2D eigenvalue weighted by Gasteiger charge is -2.24. The molecule has 0 aromatic carbocycles. The highest BCUT2D eigenvalue weighted by Crippen LogP contribution is 2.27. The minimum absolute atomic E-state index is 0.0525. The largest absolute Gasteiger partial charge is 0.301 e. The van der Waals surface area contributed by atoms with Crippen LogP contribution in [0.3, 0.4) is 0 Å². The van der Waals surface area contributed by atoms with E-state index in [0.29, 0.717) is 12.3 Å². The van der Waals surface area contributed by atoms with E-state index in [1.807, 2.05) is 24.6 Å². The number of halogens is 1. The van der Waals surface area contributed by atoms with Crippen molar-refractivity contribution in [3.63, 3.8) is 0 Å². The van der Waals surface area contributed by atoms with Crippen LogP contribution in [0.15, 0.2) is 17.5 Å². The van der Waals surface area contributed by atoms with Gasteiger partial charge in [-0.2, -0.15) is 0 Å². The number of hydrogen-bond donors (Lipinski definition) is 0. The normalized spacial score (nSPS) is 25.2. The maximum absolute atomic E-state index is 11.4. The van der Waals surface area contributed by atoms with Gasteiger partial charge in [0.1, 0.15) is 0 Å². The first-order valence-electron chi connectivity index (χ1n) is 5.56. The molecule has 0 bridgehead atoms. The summed E-state index contributed by atoms with van der Waals surface area (Å²) in [6.45, 7) is 0.697. The Hall–Kier alpha value is -0.100. The molecule has 1 fully saturated rings. The lowest BCUT2D eigenvalue weighted by molar-refractivity contribution is 0.263. The molecule has 6 heteroatoms. The van der Waals surface area contributed by atoms with Crippen molar-refractivity contribution < 1.29 is 8.42 Å². The molecule has 1 saturated heterocycles. The van der Waals surface area contributed by atoms with E-state index in [0.717, 1.165) is 11.3 Å². The van der Waals surface area contributed by atoms with Gasteiger partial charge < -0.3 is 4.90 Å². The van der Waals surface area contributed by atoms with Crippen molar-refractivity contribution >= 4 is 32.8 Å². The number of sulfone groups is 1. The van der Waals surface area contributed by atoms with E-state index in [9.17, 15) is 8.42 Å². The zero-order valence-corrected chi connectivity index (χ0v) is 12.1. The van der Waals surface area contributed by atoms with Crippen molar-refractivity contribution in [2.24, 2.45) is 0 Å². The Morgan fingerprint density at radius 3 is 2.94 bits per heavy atom. The summed E-state index contributed by atoms with van der Waals surface area (Å²) >= 11 is 7.95. The molecule has 0 N–H and O–H groups in total. The van der Waals surface area contributed by atoms with E-state index in [2.05, 4.69) is 4.90 Å². The van der Waals surface area contributed by atoms with Gasteiger partial charge in [0.25, 0.3) is 0 Å². The van der Waals surface area contributed by atoms with Gasteiger partial charge in [-0.3, -0.25) is 0 Å². The summed E-state index contributed by atoms with van der Waals surface area (Å²) in [5, 5.41) is 1.95. The van der Waals surface area contributed by atoms with Crippen molar-refractivity contribution in [2.75, 3.05) is 25.1 Å². The Bertz CT molecular complexity index is 458. The number of hydrogen-bond acceptors (Lipinski definition) is 4. The Morgan fingerprint density at radius 1 is 1.65 bits per heavy atom. The molecule has 0 aliphatic carbocycles. The van der Waals surface area contributed by atoms with E-state index < -0.39 is 9.84 Å². The summed E-state index contributed by atoms with van der Waals surface area (Å²) in [5.41, 5.74) is 0. The van der Waals surface area contributed by atoms with Crippen molar-refractivity contribution in [1.82, 2.24) is 4.90 Å². The highest BCUT2D eigenvalue weighted by atomic mass is 35.5. The van der Waals surface area contributed by atoms with Crippen molar-refractivity contribution in [2.45, 2.75) is 17.8 Å². The minimum Gasteiger partial charge on any atom is -0.301 e. The molecule has 0 amide bonds. The van der Waals surface area contributed by atoms with Crippen LogP contribution in [0.5, 0.6) is 0 Å². The van der Waals surface area contributed by atoms with E-state index in [-0.39, 0.29) is 17.2 Å². The van der Waals surface area contributed by atoms with E-state index >= 15 is 0 Å². The fourth-order valence-electron chi connectivity index (χ4n) is 2.08. The predicted octanol–water partition coefficient (Wildman–Crippen LogP) is 2.15. The predicted molar refractivity (Wildman–Crippen MR) is 72.6 cm³/mol. The molecule has 1 aliphatic rings. The van der Waals surface area contributed by atoms with Crippen LogP contribution in [0.4, 0.5) is 0 Å². The standard InChI is InChI=1S/C11H16ClNO2S2/c1-13(9-4-6-17(14,15)8-9)7-10(12)11-3-2-5-16-11/h2-3,5,9-10H,4,6-8H2,1H3. The second-order valence-corrected chi connectivity index (χ2v) is 8.21. The van der Waals surface area contributed by atoms with Crippen LogP contribution in [-0.4, -0.2) is 44.5 Å². The van der Waals surface area contributed by atoms with E-state index in [4.69, 9.17) is 11.6 Å². The minimum atomic E-state index is -2.81. The molecule has 1 aromatic rings. The summed E-state index contributed by atoms with van der Waals surface area (Å²) in [6, 6.07) is 4.12. The first kappa shape index (κ1) is 13.3. The van der Waals surface area contributed by atoms with Crippen LogP contribution >= 0.6 is 22.9 Å². The lowest BCUT2D eigenvalue weighted by atomic mass is 10.2. The molecule has 0 saturated carbocycles. The molecular formula is C11H16ClNO2S2. The Kier molecular flexibility index (Phi) is 4.13. The van der Waals surface area contributed by atoms with Gasteiger partial charge in [0.05, 0.1) is 16.9 Å². The third kappa shape index (κ3) is 3.44. The summed E-state index contributed by atoms with van der Waals surface area (Å²) in [4.78, 5) is 3.21. The third-order valence-electron chi connectivity index (χ3n) is 3.13. The topological polar surface area (TPSA) is 37.4 Å². The van der Waals surface area contributed by atoms with Crippen molar-refractivity contribution in [1.29, 1.82) is 0 Å². The first-order chi connectivity index (χ1) is 7.98. The second kappa shape index (κ2) is 5.26. The molecule has 1 aliphatic heterocycles. The Labute approximate surface area is 111 Å². The summed E-state index contributed by atoms with van der Waals surface area (Å²) < 4.78 is 22.8. The number of nitrogens with zero attached hydrogens (tertiary/aromatic N) is 1. The highest BCUT2D eigenvalue weighted by Gasteiger charge is 2.31. The van der Waals surface area contributed by atoms with Crippen LogP contribution in [0.25, 0.3) is 0 Å². The van der Waals surface area contributed by atoms with E-state index in [1.165, 1.54) is 0 Å². The van der Waals surface area contributed by atoms with Gasteiger partial charge in [0.2, 0.25) is 0 Å². The molecular weight excluding hydrogens is 278 g/mol. The van der Waals surface area contributed by atoms with Gasteiger partial charge in [0, 0.05) is 17.5 Å². The SMILES string of the molecule is CN(CC(Cl)c1cccs1)C1CCS(=O)(=O)C1. The Morgan fingerprint density at radius 2 is 2.41 bits per heavy atom. The number of rotatable bonds is 4. The van der Waals surface area contributed by atoms with Gasteiger partial charge in [-0.05, 0) is 24.9 Å². The van der Waals surface area contributed by atoms with Gasteiger partial charge >= 0.3 is 0 Å². The number of thiophene rings is 1. The van der Waals surface area contributed by atoms with Crippen molar-refractivity contribution in [3.05, 3.63) is 22.4 Å². The van der Waals surface area contributed by atoms with Gasteiger partial charge in [0.15, 0.2) is 9.84 Å². The van der Waals surface area contributed by atoms with Crippen LogP contribution in [0.1, 0.15) is 16.7 Å². The average molecular weight is 294 g/mol. The summed E-state index contributed by atoms with van der Waals surface area (Å²) in [7, 11) is -0.859. The van der Waals surface area contributed by atoms with Crippen LogP contribution in [0.2, 0.25) is 0 Å². The van der Waals surface area contributed by atoms with Gasteiger partial charge in [-0.15, -0.1) is 22.9 Å². The number of likely N-dealkylation sites (N-methyl/N-ethyl adjacent to an activating group) is 1. The molecule has 96 valence electrons. The third-order valence-corrected chi connectivity index (χ3v) is 6.37.